The fraction of sp³-hybridized carbons (Fsp3) is 0.636. The first-order chi connectivity index (χ1) is 13.2. The second kappa shape index (κ2) is 3.19. The number of rotatable bonds is 1. The SMILES string of the molecule is O=c1n(-c2ccccc2)c(=O)n2n1C1C34CCCC35C3C4C14CCCC34C25. The van der Waals surface area contributed by atoms with Gasteiger partial charge in [-0.1, -0.05) is 31.0 Å². The molecule has 4 spiro atoms. The molecule has 1 aromatic carbocycles. The van der Waals surface area contributed by atoms with Gasteiger partial charge in [0.1, 0.15) is 0 Å². The molecule has 2 aliphatic heterocycles. The number of hydrogen-bond donors (Lipinski definition) is 0. The van der Waals surface area contributed by atoms with Crippen LogP contribution in [-0.4, -0.2) is 13.9 Å². The lowest BCUT2D eigenvalue weighted by Crippen LogP contribution is -3.06. The molecule has 4 atom stereocenters. The van der Waals surface area contributed by atoms with E-state index in [0.717, 1.165) is 17.5 Å². The van der Waals surface area contributed by atoms with Crippen molar-refractivity contribution in [1.29, 1.82) is 0 Å². The van der Waals surface area contributed by atoms with Crippen molar-refractivity contribution in [2.75, 3.05) is 0 Å². The summed E-state index contributed by atoms with van der Waals surface area (Å²) in [6.07, 6.45) is 7.79. The first kappa shape index (κ1) is 13.2. The Morgan fingerprint density at radius 3 is 1.59 bits per heavy atom. The highest BCUT2D eigenvalue weighted by molar-refractivity contribution is 5.58. The Balaban J connectivity index is 1.43. The fourth-order valence-corrected chi connectivity index (χ4v) is 11.6. The maximum Gasteiger partial charge on any atom is 0.352 e. The molecule has 136 valence electrons. The second-order valence-electron chi connectivity index (χ2n) is 10.6. The number of aromatic nitrogens is 3. The van der Waals surface area contributed by atoms with E-state index < -0.39 is 0 Å². The van der Waals surface area contributed by atoms with Crippen LogP contribution in [0.15, 0.2) is 39.9 Å². The van der Waals surface area contributed by atoms with Crippen molar-refractivity contribution in [2.24, 2.45) is 33.5 Å². The Morgan fingerprint density at radius 2 is 1.15 bits per heavy atom. The first-order valence-electron chi connectivity index (χ1n) is 10.7. The van der Waals surface area contributed by atoms with Gasteiger partial charge in [0.2, 0.25) is 0 Å². The lowest BCUT2D eigenvalue weighted by molar-refractivity contribution is -0.615. The van der Waals surface area contributed by atoms with Crippen LogP contribution in [-0.2, 0) is 0 Å². The summed E-state index contributed by atoms with van der Waals surface area (Å²) in [7, 11) is 0. The van der Waals surface area contributed by atoms with Crippen LogP contribution in [0.5, 0.6) is 0 Å². The van der Waals surface area contributed by atoms with Crippen LogP contribution < -0.4 is 11.4 Å². The molecule has 4 unspecified atom stereocenters. The minimum absolute atomic E-state index is 0.0836. The summed E-state index contributed by atoms with van der Waals surface area (Å²) in [5.41, 5.74) is 2.03. The third-order valence-electron chi connectivity index (χ3n) is 11.1. The van der Waals surface area contributed by atoms with E-state index >= 15 is 0 Å². The molecule has 27 heavy (non-hydrogen) atoms. The van der Waals surface area contributed by atoms with Crippen molar-refractivity contribution < 1.29 is 0 Å². The topological polar surface area (TPSA) is 48.9 Å². The minimum atomic E-state index is -0.0836. The summed E-state index contributed by atoms with van der Waals surface area (Å²) in [5.74, 6) is 1.76. The van der Waals surface area contributed by atoms with Crippen molar-refractivity contribution in [3.63, 3.8) is 0 Å². The Hall–Kier alpha value is -2.04. The smallest absolute Gasteiger partial charge is 0.245 e. The van der Waals surface area contributed by atoms with Gasteiger partial charge in [0.05, 0.1) is 17.8 Å². The number of hydrogen-bond acceptors (Lipinski definition) is 2. The fourth-order valence-electron chi connectivity index (χ4n) is 11.6. The average molecular weight is 359 g/mol. The van der Waals surface area contributed by atoms with Gasteiger partial charge in [-0.2, -0.15) is 0 Å². The van der Waals surface area contributed by atoms with Crippen molar-refractivity contribution in [3.8, 4) is 5.69 Å². The van der Waals surface area contributed by atoms with Gasteiger partial charge < -0.3 is 0 Å². The Labute approximate surface area is 155 Å². The molecular weight excluding hydrogens is 338 g/mol. The van der Waals surface area contributed by atoms with Gasteiger partial charge in [-0.15, -0.1) is 0 Å². The minimum Gasteiger partial charge on any atom is -0.245 e. The van der Waals surface area contributed by atoms with E-state index in [4.69, 9.17) is 0 Å². The molecule has 3 heterocycles. The maximum atomic E-state index is 13.6. The zero-order valence-electron chi connectivity index (χ0n) is 15.1. The zero-order chi connectivity index (χ0) is 17.6. The van der Waals surface area contributed by atoms with Crippen LogP contribution in [0.25, 0.3) is 5.69 Å². The monoisotopic (exact) mass is 359 g/mol. The molecule has 5 nitrogen and oxygen atoms in total. The third kappa shape index (κ3) is 0.752. The van der Waals surface area contributed by atoms with Crippen molar-refractivity contribution in [1.82, 2.24) is 13.9 Å². The maximum absolute atomic E-state index is 13.6. The second-order valence-corrected chi connectivity index (χ2v) is 10.6. The summed E-state index contributed by atoms with van der Waals surface area (Å²) >= 11 is 0. The molecule has 5 heteroatoms. The zero-order valence-corrected chi connectivity index (χ0v) is 15.1. The van der Waals surface area contributed by atoms with Crippen molar-refractivity contribution in [3.05, 3.63) is 51.3 Å². The van der Waals surface area contributed by atoms with E-state index in [1.54, 1.807) is 0 Å². The third-order valence-corrected chi connectivity index (χ3v) is 11.1. The Kier molecular flexibility index (Phi) is 1.56. The van der Waals surface area contributed by atoms with Gasteiger partial charge in [-0.05, 0) is 49.7 Å². The van der Waals surface area contributed by atoms with E-state index in [1.165, 1.54) is 43.1 Å². The van der Waals surface area contributed by atoms with Crippen LogP contribution in [0.1, 0.15) is 50.6 Å². The predicted molar refractivity (Wildman–Crippen MR) is 96.8 cm³/mol. The molecule has 1 aromatic heterocycles. The highest BCUT2D eigenvalue weighted by Gasteiger charge is 3.12. The summed E-state index contributed by atoms with van der Waals surface area (Å²) in [5, 5.41) is 0. The summed E-state index contributed by atoms with van der Waals surface area (Å²) in [4.78, 5) is 27.2. The van der Waals surface area contributed by atoms with Crippen LogP contribution in [0.3, 0.4) is 0 Å². The molecule has 6 fully saturated rings. The molecule has 0 N–H and O–H groups in total. The van der Waals surface area contributed by atoms with Gasteiger partial charge >= 0.3 is 11.4 Å². The first-order valence-corrected chi connectivity index (χ1v) is 10.7. The average Bonchev–Trinajstić information content (AvgIpc) is 3.30. The molecule has 0 amide bonds. The normalized spacial score (nSPS) is 55.4. The largest absolute Gasteiger partial charge is 0.352 e. The van der Waals surface area contributed by atoms with Gasteiger partial charge in [-0.25, -0.2) is 23.5 Å². The summed E-state index contributed by atoms with van der Waals surface area (Å²) in [6, 6.07) is 10.1. The van der Waals surface area contributed by atoms with E-state index in [9.17, 15) is 9.59 Å². The van der Waals surface area contributed by atoms with E-state index in [2.05, 4.69) is 0 Å². The predicted octanol–water partition coefficient (Wildman–Crippen LogP) is 2.50. The van der Waals surface area contributed by atoms with Gasteiger partial charge in [0, 0.05) is 21.7 Å². The molecular formula is C22H21N3O2. The Morgan fingerprint density at radius 1 is 0.704 bits per heavy atom. The van der Waals surface area contributed by atoms with E-state index in [0.29, 0.717) is 33.7 Å². The highest BCUT2D eigenvalue weighted by atomic mass is 16.2. The van der Waals surface area contributed by atoms with Crippen molar-refractivity contribution in [2.45, 2.75) is 50.6 Å². The summed E-state index contributed by atoms with van der Waals surface area (Å²) < 4.78 is 5.43. The van der Waals surface area contributed by atoms with Crippen molar-refractivity contribution >= 4 is 0 Å². The Bertz CT molecular complexity index is 1130. The molecule has 10 rings (SSSR count). The molecule has 6 saturated carbocycles. The standard InChI is InChI=1S/C22H21N3O2/c26-17-23(12-6-2-1-3-7-12)18(27)25-16-20-9-4-8-19(20)13-14(20)22(16)11-5-10-21(13,22)15(19)24(17)25/h1-3,6-7,13-16H,4-5,8-11H2. The quantitative estimate of drug-likeness (QED) is 0.785. The molecule has 8 aliphatic rings. The molecule has 6 aliphatic carbocycles. The summed E-state index contributed by atoms with van der Waals surface area (Å²) in [6.45, 7) is 0. The molecule has 2 bridgehead atoms. The molecule has 2 aromatic rings. The van der Waals surface area contributed by atoms with Gasteiger partial charge in [0.25, 0.3) is 0 Å². The van der Waals surface area contributed by atoms with Crippen LogP contribution >= 0.6 is 0 Å². The van der Waals surface area contributed by atoms with Gasteiger partial charge in [-0.3, -0.25) is 0 Å². The van der Waals surface area contributed by atoms with Crippen LogP contribution in [0, 0.1) is 33.5 Å². The highest BCUT2D eigenvalue weighted by Crippen LogP contribution is 3.14. The van der Waals surface area contributed by atoms with Crippen LogP contribution in [0.4, 0.5) is 0 Å². The number of nitrogens with zero attached hydrogens (tertiary/aromatic N) is 3. The van der Waals surface area contributed by atoms with E-state index in [-0.39, 0.29) is 11.4 Å². The molecule has 0 radical (unpaired) electrons. The molecule has 0 saturated heterocycles. The van der Waals surface area contributed by atoms with Gasteiger partial charge in [0.15, 0.2) is 0 Å². The van der Waals surface area contributed by atoms with E-state index in [1.807, 2.05) is 39.7 Å². The number of para-hydroxylation sites is 1. The number of benzene rings is 1. The lowest BCUT2D eigenvalue weighted by atomic mass is 8.98. The van der Waals surface area contributed by atoms with Crippen LogP contribution in [0.2, 0.25) is 0 Å². The lowest BCUT2D eigenvalue weighted by Gasteiger charge is -3.07.